The van der Waals surface area contributed by atoms with Crippen molar-refractivity contribution in [3.8, 4) is 11.5 Å². The van der Waals surface area contributed by atoms with Crippen molar-refractivity contribution >= 4 is 28.8 Å². The minimum Gasteiger partial charge on any atom is -0.497 e. The number of benzene rings is 3. The van der Waals surface area contributed by atoms with E-state index in [1.807, 2.05) is 44.2 Å². The lowest BCUT2D eigenvalue weighted by Gasteiger charge is -2.17. The van der Waals surface area contributed by atoms with Gasteiger partial charge >= 0.3 is 0 Å². The summed E-state index contributed by atoms with van der Waals surface area (Å²) < 4.78 is 10.5. The number of amides is 2. The summed E-state index contributed by atoms with van der Waals surface area (Å²) in [5.74, 6) is 0.518. The van der Waals surface area contributed by atoms with Crippen LogP contribution in [0.3, 0.4) is 0 Å². The number of hydrogen-bond acceptors (Lipinski definition) is 5. The number of anilines is 2. The summed E-state index contributed by atoms with van der Waals surface area (Å²) in [6, 6.07) is 19.9. The number of nitrogens with one attached hydrogen (secondary N) is 1. The average molecular weight is 428 g/mol. The molecule has 0 spiro atoms. The van der Waals surface area contributed by atoms with E-state index in [0.717, 1.165) is 11.1 Å². The molecule has 3 aromatic carbocycles. The van der Waals surface area contributed by atoms with Crippen molar-refractivity contribution in [1.82, 2.24) is 0 Å². The number of carbonyl (C=O) groups is 2. The molecule has 0 atom stereocenters. The van der Waals surface area contributed by atoms with Crippen LogP contribution in [0.1, 0.15) is 16.7 Å². The van der Waals surface area contributed by atoms with Crippen LogP contribution in [0.15, 0.2) is 72.4 Å². The first-order valence-electron chi connectivity index (χ1n) is 10.2. The van der Waals surface area contributed by atoms with Crippen LogP contribution in [0.4, 0.5) is 11.4 Å². The molecule has 2 amide bonds. The third-order valence-corrected chi connectivity index (χ3v) is 5.55. The zero-order valence-electron chi connectivity index (χ0n) is 18.4. The molecular formula is C26H24N2O4. The minimum atomic E-state index is -0.410. The van der Waals surface area contributed by atoms with Crippen LogP contribution in [0.2, 0.25) is 0 Å². The van der Waals surface area contributed by atoms with E-state index in [9.17, 15) is 9.59 Å². The lowest BCUT2D eigenvalue weighted by molar-refractivity contribution is -0.120. The van der Waals surface area contributed by atoms with Crippen molar-refractivity contribution < 1.29 is 19.1 Å². The largest absolute Gasteiger partial charge is 0.497 e. The Kier molecular flexibility index (Phi) is 5.69. The Hall–Kier alpha value is -4.06. The predicted octanol–water partition coefficient (Wildman–Crippen LogP) is 4.72. The standard InChI is InChI=1S/C26H24N2O4/c1-16-8-11-20(14-17(16)2)28-25(29)23(18-9-12-21(31-3)13-10-18)24(26(28)30)27-19-6-5-7-22(15-19)32-4/h5-15,27H,1-4H3. The first-order chi connectivity index (χ1) is 15.4. The van der Waals surface area contributed by atoms with Gasteiger partial charge < -0.3 is 14.8 Å². The Bertz CT molecular complexity index is 1230. The van der Waals surface area contributed by atoms with Gasteiger partial charge in [0.2, 0.25) is 0 Å². The maximum atomic E-state index is 13.5. The van der Waals surface area contributed by atoms with Crippen LogP contribution in [0.25, 0.3) is 5.57 Å². The SMILES string of the molecule is COc1ccc(C2=C(Nc3cccc(OC)c3)C(=O)N(c3ccc(C)c(C)c3)C2=O)cc1. The van der Waals surface area contributed by atoms with E-state index >= 15 is 0 Å². The number of methoxy groups -OCH3 is 2. The Morgan fingerprint density at radius 2 is 1.47 bits per heavy atom. The second-order valence-corrected chi connectivity index (χ2v) is 7.55. The fourth-order valence-corrected chi connectivity index (χ4v) is 3.62. The van der Waals surface area contributed by atoms with E-state index in [1.165, 1.54) is 4.90 Å². The second kappa shape index (κ2) is 8.59. The fraction of sp³-hybridized carbons (Fsp3) is 0.154. The highest BCUT2D eigenvalue weighted by molar-refractivity contribution is 6.46. The van der Waals surface area contributed by atoms with Crippen molar-refractivity contribution in [3.63, 3.8) is 0 Å². The number of carbonyl (C=O) groups excluding carboxylic acids is 2. The molecule has 1 heterocycles. The smallest absolute Gasteiger partial charge is 0.282 e. The van der Waals surface area contributed by atoms with E-state index in [4.69, 9.17) is 9.47 Å². The summed E-state index contributed by atoms with van der Waals surface area (Å²) in [6.45, 7) is 3.95. The molecule has 0 saturated heterocycles. The highest BCUT2D eigenvalue weighted by Crippen LogP contribution is 2.35. The molecule has 32 heavy (non-hydrogen) atoms. The van der Waals surface area contributed by atoms with Gasteiger partial charge in [-0.15, -0.1) is 0 Å². The molecule has 1 aliphatic heterocycles. The summed E-state index contributed by atoms with van der Waals surface area (Å²) in [5.41, 5.74) is 4.42. The van der Waals surface area contributed by atoms with Crippen molar-refractivity contribution in [2.24, 2.45) is 0 Å². The number of rotatable bonds is 6. The van der Waals surface area contributed by atoms with Gasteiger partial charge in [-0.25, -0.2) is 4.90 Å². The molecule has 1 aliphatic rings. The molecule has 0 radical (unpaired) electrons. The summed E-state index contributed by atoms with van der Waals surface area (Å²) in [7, 11) is 3.16. The van der Waals surface area contributed by atoms with E-state index in [-0.39, 0.29) is 11.6 Å². The fourth-order valence-electron chi connectivity index (χ4n) is 3.62. The zero-order valence-corrected chi connectivity index (χ0v) is 18.4. The van der Waals surface area contributed by atoms with Crippen LogP contribution in [-0.4, -0.2) is 26.0 Å². The molecule has 0 saturated carbocycles. The maximum Gasteiger partial charge on any atom is 0.282 e. The maximum absolute atomic E-state index is 13.5. The molecule has 0 unspecified atom stereocenters. The highest BCUT2D eigenvalue weighted by atomic mass is 16.5. The van der Waals surface area contributed by atoms with Gasteiger partial charge in [-0.05, 0) is 66.9 Å². The van der Waals surface area contributed by atoms with Crippen LogP contribution in [0.5, 0.6) is 11.5 Å². The second-order valence-electron chi connectivity index (χ2n) is 7.55. The van der Waals surface area contributed by atoms with E-state index in [2.05, 4.69) is 5.32 Å². The van der Waals surface area contributed by atoms with Gasteiger partial charge in [-0.3, -0.25) is 9.59 Å². The summed E-state index contributed by atoms with van der Waals surface area (Å²) in [4.78, 5) is 28.3. The molecule has 0 bridgehead atoms. The molecule has 4 rings (SSSR count). The topological polar surface area (TPSA) is 67.9 Å². The molecule has 6 heteroatoms. The number of aryl methyl sites for hydroxylation is 2. The Balaban J connectivity index is 1.81. The van der Waals surface area contributed by atoms with Gasteiger partial charge in [0.05, 0.1) is 25.5 Å². The molecule has 0 fully saturated rings. The van der Waals surface area contributed by atoms with Crippen molar-refractivity contribution in [3.05, 3.63) is 89.1 Å². The number of hydrogen-bond donors (Lipinski definition) is 1. The normalized spacial score (nSPS) is 13.6. The summed E-state index contributed by atoms with van der Waals surface area (Å²) in [6.07, 6.45) is 0. The Labute approximate surface area is 187 Å². The lowest BCUT2D eigenvalue weighted by atomic mass is 10.0. The first kappa shape index (κ1) is 21.2. The molecule has 3 aromatic rings. The predicted molar refractivity (Wildman–Crippen MR) is 125 cm³/mol. The van der Waals surface area contributed by atoms with E-state index in [0.29, 0.717) is 34.0 Å². The van der Waals surface area contributed by atoms with E-state index in [1.54, 1.807) is 50.6 Å². The van der Waals surface area contributed by atoms with Crippen LogP contribution < -0.4 is 19.7 Å². The van der Waals surface area contributed by atoms with Crippen molar-refractivity contribution in [2.75, 3.05) is 24.4 Å². The van der Waals surface area contributed by atoms with Gasteiger partial charge in [0, 0.05) is 11.8 Å². The third kappa shape index (κ3) is 3.83. The molecule has 1 N–H and O–H groups in total. The van der Waals surface area contributed by atoms with Gasteiger partial charge in [0.1, 0.15) is 17.2 Å². The first-order valence-corrected chi connectivity index (χ1v) is 10.2. The Morgan fingerprint density at radius 1 is 0.750 bits per heavy atom. The lowest BCUT2D eigenvalue weighted by Crippen LogP contribution is -2.32. The molecular weight excluding hydrogens is 404 g/mol. The van der Waals surface area contributed by atoms with Crippen molar-refractivity contribution in [2.45, 2.75) is 13.8 Å². The van der Waals surface area contributed by atoms with Gasteiger partial charge in [0.15, 0.2) is 0 Å². The van der Waals surface area contributed by atoms with E-state index < -0.39 is 5.91 Å². The van der Waals surface area contributed by atoms with Crippen LogP contribution >= 0.6 is 0 Å². The quantitative estimate of drug-likeness (QED) is 0.576. The average Bonchev–Trinajstić information content (AvgIpc) is 3.05. The summed E-state index contributed by atoms with van der Waals surface area (Å²) in [5, 5.41) is 3.16. The zero-order chi connectivity index (χ0) is 22.8. The number of ether oxygens (including phenoxy) is 2. The van der Waals surface area contributed by atoms with Crippen molar-refractivity contribution in [1.29, 1.82) is 0 Å². The highest BCUT2D eigenvalue weighted by Gasteiger charge is 2.40. The third-order valence-electron chi connectivity index (χ3n) is 5.55. The molecule has 6 nitrogen and oxygen atoms in total. The minimum absolute atomic E-state index is 0.214. The molecule has 162 valence electrons. The number of imide groups is 1. The van der Waals surface area contributed by atoms with Gasteiger partial charge in [-0.2, -0.15) is 0 Å². The van der Waals surface area contributed by atoms with Gasteiger partial charge in [-0.1, -0.05) is 24.3 Å². The monoisotopic (exact) mass is 428 g/mol. The number of nitrogens with zero attached hydrogens (tertiary/aromatic N) is 1. The van der Waals surface area contributed by atoms with Gasteiger partial charge in [0.25, 0.3) is 11.8 Å². The Morgan fingerprint density at radius 3 is 2.12 bits per heavy atom. The molecule has 0 aromatic heterocycles. The summed E-state index contributed by atoms with van der Waals surface area (Å²) >= 11 is 0. The van der Waals surface area contributed by atoms with Crippen LogP contribution in [-0.2, 0) is 9.59 Å². The molecule has 0 aliphatic carbocycles. The van der Waals surface area contributed by atoms with Crippen LogP contribution in [0, 0.1) is 13.8 Å².